The van der Waals surface area contributed by atoms with Gasteiger partial charge in [-0.3, -0.25) is 9.88 Å². The van der Waals surface area contributed by atoms with Crippen LogP contribution in [0.3, 0.4) is 0 Å². The second-order valence-corrected chi connectivity index (χ2v) is 6.30. The molecule has 3 nitrogen and oxygen atoms in total. The summed E-state index contributed by atoms with van der Waals surface area (Å²) < 4.78 is 0. The Morgan fingerprint density at radius 2 is 2.05 bits per heavy atom. The van der Waals surface area contributed by atoms with E-state index in [1.807, 2.05) is 12.4 Å². The van der Waals surface area contributed by atoms with E-state index in [2.05, 4.69) is 42.9 Å². The third kappa shape index (κ3) is 2.98. The van der Waals surface area contributed by atoms with Crippen LogP contribution in [0.5, 0.6) is 0 Å². The van der Waals surface area contributed by atoms with Gasteiger partial charge in [-0.15, -0.1) is 0 Å². The van der Waals surface area contributed by atoms with Gasteiger partial charge in [0, 0.05) is 31.0 Å². The highest BCUT2D eigenvalue weighted by Gasteiger charge is 2.42. The quantitative estimate of drug-likeness (QED) is 0.906. The van der Waals surface area contributed by atoms with Crippen molar-refractivity contribution in [2.75, 3.05) is 13.6 Å². The minimum Gasteiger partial charge on any atom is -0.329 e. The van der Waals surface area contributed by atoms with Crippen LogP contribution in [0.15, 0.2) is 24.5 Å². The lowest BCUT2D eigenvalue weighted by molar-refractivity contribution is 0.0128. The lowest BCUT2D eigenvalue weighted by atomic mass is 9.69. The maximum atomic E-state index is 6.17. The number of hydrogen-bond acceptors (Lipinski definition) is 3. The highest BCUT2D eigenvalue weighted by molar-refractivity contribution is 5.11. The van der Waals surface area contributed by atoms with Crippen molar-refractivity contribution >= 4 is 0 Å². The Balaban J connectivity index is 2.12. The molecule has 1 aliphatic rings. The molecule has 19 heavy (non-hydrogen) atoms. The molecule has 1 fully saturated rings. The zero-order valence-electron chi connectivity index (χ0n) is 12.5. The third-order valence-corrected chi connectivity index (χ3v) is 5.03. The third-order valence-electron chi connectivity index (χ3n) is 5.03. The minimum absolute atomic E-state index is 0.162. The first kappa shape index (κ1) is 14.5. The van der Waals surface area contributed by atoms with Gasteiger partial charge in [0.25, 0.3) is 0 Å². The fraction of sp³-hybridized carbons (Fsp3) is 0.688. The van der Waals surface area contributed by atoms with Gasteiger partial charge in [-0.1, -0.05) is 13.8 Å². The number of hydrogen-bond donors (Lipinski definition) is 1. The van der Waals surface area contributed by atoms with Gasteiger partial charge >= 0.3 is 0 Å². The summed E-state index contributed by atoms with van der Waals surface area (Å²) in [5.41, 5.74) is 7.65. The maximum absolute atomic E-state index is 6.17. The lowest BCUT2D eigenvalue weighted by Crippen LogP contribution is -2.58. The van der Waals surface area contributed by atoms with Crippen LogP contribution in [0.2, 0.25) is 0 Å². The number of rotatable bonds is 4. The molecule has 3 atom stereocenters. The number of nitrogens with two attached hydrogens (primary N) is 1. The maximum Gasteiger partial charge on any atom is 0.0357 e. The fourth-order valence-corrected chi connectivity index (χ4v) is 3.63. The summed E-state index contributed by atoms with van der Waals surface area (Å²) in [6.07, 6.45) is 7.53. The zero-order valence-corrected chi connectivity index (χ0v) is 12.5. The van der Waals surface area contributed by atoms with Crippen LogP contribution >= 0.6 is 0 Å². The fourth-order valence-electron chi connectivity index (χ4n) is 3.63. The molecule has 3 heteroatoms. The van der Waals surface area contributed by atoms with Crippen molar-refractivity contribution in [3.8, 4) is 0 Å². The van der Waals surface area contributed by atoms with Crippen molar-refractivity contribution in [2.24, 2.45) is 17.6 Å². The molecule has 1 aromatic heterocycles. The Morgan fingerprint density at radius 1 is 1.37 bits per heavy atom. The second-order valence-electron chi connectivity index (χ2n) is 6.30. The van der Waals surface area contributed by atoms with E-state index >= 15 is 0 Å². The molecule has 0 aliphatic heterocycles. The molecule has 0 bridgehead atoms. The predicted molar refractivity (Wildman–Crippen MR) is 79.7 cm³/mol. The molecule has 0 saturated heterocycles. The summed E-state index contributed by atoms with van der Waals surface area (Å²) in [5.74, 6) is 1.50. The van der Waals surface area contributed by atoms with Crippen LogP contribution in [0.1, 0.15) is 38.7 Å². The Kier molecular flexibility index (Phi) is 4.58. The van der Waals surface area contributed by atoms with Crippen LogP contribution in [0.25, 0.3) is 0 Å². The summed E-state index contributed by atoms with van der Waals surface area (Å²) >= 11 is 0. The largest absolute Gasteiger partial charge is 0.329 e. The number of nitrogens with zero attached hydrogens (tertiary/aromatic N) is 2. The van der Waals surface area contributed by atoms with Gasteiger partial charge in [0.2, 0.25) is 0 Å². The first-order valence-corrected chi connectivity index (χ1v) is 7.38. The highest BCUT2D eigenvalue weighted by Crippen LogP contribution is 2.40. The topological polar surface area (TPSA) is 42.1 Å². The van der Waals surface area contributed by atoms with E-state index in [4.69, 9.17) is 5.73 Å². The molecule has 0 spiro atoms. The molecule has 0 aromatic carbocycles. The van der Waals surface area contributed by atoms with E-state index in [0.29, 0.717) is 5.92 Å². The molecule has 1 aliphatic carbocycles. The van der Waals surface area contributed by atoms with Crippen molar-refractivity contribution in [1.29, 1.82) is 0 Å². The van der Waals surface area contributed by atoms with E-state index in [9.17, 15) is 0 Å². The van der Waals surface area contributed by atoms with Crippen molar-refractivity contribution in [3.05, 3.63) is 30.1 Å². The lowest BCUT2D eigenvalue weighted by Gasteiger charge is -2.50. The van der Waals surface area contributed by atoms with Crippen LogP contribution < -0.4 is 5.73 Å². The molecule has 106 valence electrons. The number of aromatic nitrogens is 1. The molecule has 2 N–H and O–H groups in total. The van der Waals surface area contributed by atoms with Crippen LogP contribution in [0.4, 0.5) is 0 Å². The predicted octanol–water partition coefficient (Wildman–Crippen LogP) is 2.67. The van der Waals surface area contributed by atoms with Crippen molar-refractivity contribution in [3.63, 3.8) is 0 Å². The summed E-state index contributed by atoms with van der Waals surface area (Å²) in [5, 5.41) is 0. The number of pyridine rings is 1. The zero-order chi connectivity index (χ0) is 13.9. The van der Waals surface area contributed by atoms with Gasteiger partial charge in [-0.2, -0.15) is 0 Å². The molecule has 1 saturated carbocycles. The van der Waals surface area contributed by atoms with E-state index in [1.54, 1.807) is 0 Å². The smallest absolute Gasteiger partial charge is 0.0357 e. The van der Waals surface area contributed by atoms with Gasteiger partial charge in [-0.25, -0.2) is 0 Å². The van der Waals surface area contributed by atoms with Gasteiger partial charge < -0.3 is 5.73 Å². The number of likely N-dealkylation sites (N-methyl/N-ethyl adjacent to an activating group) is 1. The molecular formula is C16H27N3. The SMILES string of the molecule is CC1CCC(CN)(N(C)Cc2ccncc2)C(C)C1. The Morgan fingerprint density at radius 3 is 2.63 bits per heavy atom. The Labute approximate surface area is 117 Å². The molecule has 0 amide bonds. The summed E-state index contributed by atoms with van der Waals surface area (Å²) in [4.78, 5) is 6.56. The van der Waals surface area contributed by atoms with Crippen molar-refractivity contribution in [1.82, 2.24) is 9.88 Å². The summed E-state index contributed by atoms with van der Waals surface area (Å²) in [7, 11) is 2.22. The average molecular weight is 261 g/mol. The van der Waals surface area contributed by atoms with Gasteiger partial charge in [0.15, 0.2) is 0 Å². The normalized spacial score (nSPS) is 31.6. The van der Waals surface area contributed by atoms with Gasteiger partial charge in [0.1, 0.15) is 0 Å². The van der Waals surface area contributed by atoms with Crippen molar-refractivity contribution < 1.29 is 0 Å². The van der Waals surface area contributed by atoms with Gasteiger partial charge in [0.05, 0.1) is 0 Å². The standard InChI is InChI=1S/C16H27N3/c1-13-4-7-16(12-17,14(2)10-13)19(3)11-15-5-8-18-9-6-15/h5-6,8-9,13-14H,4,7,10-12,17H2,1-3H3. The monoisotopic (exact) mass is 261 g/mol. The average Bonchev–Trinajstić information content (AvgIpc) is 2.40. The van der Waals surface area contributed by atoms with E-state index in [1.165, 1.54) is 24.8 Å². The van der Waals surface area contributed by atoms with Gasteiger partial charge in [-0.05, 0) is 55.8 Å². The highest BCUT2D eigenvalue weighted by atomic mass is 15.2. The first-order chi connectivity index (χ1) is 9.08. The van der Waals surface area contributed by atoms with Crippen LogP contribution in [-0.2, 0) is 6.54 Å². The Hall–Kier alpha value is -0.930. The second kappa shape index (κ2) is 6.02. The van der Waals surface area contributed by atoms with Crippen molar-refractivity contribution in [2.45, 2.75) is 45.2 Å². The van der Waals surface area contributed by atoms with E-state index < -0.39 is 0 Å². The molecule has 1 heterocycles. The minimum atomic E-state index is 0.162. The first-order valence-electron chi connectivity index (χ1n) is 7.38. The molecule has 0 radical (unpaired) electrons. The molecule has 3 unspecified atom stereocenters. The van der Waals surface area contributed by atoms with E-state index in [0.717, 1.165) is 19.0 Å². The Bertz CT molecular complexity index is 392. The molecular weight excluding hydrogens is 234 g/mol. The van der Waals surface area contributed by atoms with Crippen LogP contribution in [-0.4, -0.2) is 29.0 Å². The molecule has 2 rings (SSSR count). The summed E-state index contributed by atoms with van der Waals surface area (Å²) in [6.45, 7) is 6.44. The summed E-state index contributed by atoms with van der Waals surface area (Å²) in [6, 6.07) is 4.19. The molecule has 1 aromatic rings. The van der Waals surface area contributed by atoms with Crippen LogP contribution in [0, 0.1) is 11.8 Å². The van der Waals surface area contributed by atoms with E-state index in [-0.39, 0.29) is 5.54 Å².